The topological polar surface area (TPSA) is 97.2 Å². The summed E-state index contributed by atoms with van der Waals surface area (Å²) in [7, 11) is 0. The van der Waals surface area contributed by atoms with E-state index in [1.165, 1.54) is 6.33 Å². The molecule has 4 N–H and O–H groups in total. The molecular weight excluding hydrogens is 363 g/mol. The summed E-state index contributed by atoms with van der Waals surface area (Å²) in [6, 6.07) is 6.65. The average Bonchev–Trinajstić information content (AvgIpc) is 3.10. The molecule has 0 aliphatic heterocycles. The molecule has 3 aromatic rings. The molecule has 2 heterocycles. The van der Waals surface area contributed by atoms with Crippen molar-refractivity contribution < 1.29 is 10.2 Å². The molecule has 4 atom stereocenters. The van der Waals surface area contributed by atoms with Crippen LogP contribution in [0.3, 0.4) is 0 Å². The molecular formula is C17H16Cl2N4O2. The summed E-state index contributed by atoms with van der Waals surface area (Å²) in [5, 5.41) is 22.9. The summed E-state index contributed by atoms with van der Waals surface area (Å²) < 4.78 is 1.84. The number of hydrogen-bond donors (Lipinski definition) is 3. The van der Waals surface area contributed by atoms with Crippen molar-refractivity contribution in [3.63, 3.8) is 0 Å². The molecule has 25 heavy (non-hydrogen) atoms. The molecule has 8 heteroatoms. The lowest BCUT2D eigenvalue weighted by Crippen LogP contribution is -2.28. The van der Waals surface area contributed by atoms with E-state index in [1.54, 1.807) is 18.2 Å². The smallest absolute Gasteiger partial charge is 0.145 e. The number of aliphatic hydroxyl groups excluding tert-OH is 2. The number of nitrogen functional groups attached to an aromatic ring is 1. The van der Waals surface area contributed by atoms with Gasteiger partial charge in [0.05, 0.1) is 17.5 Å². The van der Waals surface area contributed by atoms with Crippen LogP contribution in [-0.4, -0.2) is 37.0 Å². The molecule has 4 rings (SSSR count). The minimum Gasteiger partial charge on any atom is -0.390 e. The number of rotatable bonds is 2. The quantitative estimate of drug-likeness (QED) is 0.636. The number of benzene rings is 1. The molecule has 6 nitrogen and oxygen atoms in total. The molecule has 0 unspecified atom stereocenters. The van der Waals surface area contributed by atoms with Gasteiger partial charge >= 0.3 is 0 Å². The Balaban J connectivity index is 1.73. The summed E-state index contributed by atoms with van der Waals surface area (Å²) in [6.07, 6.45) is 1.84. The zero-order valence-corrected chi connectivity index (χ0v) is 14.6. The van der Waals surface area contributed by atoms with E-state index in [2.05, 4.69) is 9.97 Å². The summed E-state index contributed by atoms with van der Waals surface area (Å²) in [5.74, 6) is 0.0998. The van der Waals surface area contributed by atoms with Gasteiger partial charge in [0.15, 0.2) is 0 Å². The fourth-order valence-electron chi connectivity index (χ4n) is 3.66. The first-order valence-corrected chi connectivity index (χ1v) is 8.60. The van der Waals surface area contributed by atoms with Gasteiger partial charge in [0.2, 0.25) is 0 Å². The zero-order valence-electron chi connectivity index (χ0n) is 13.0. The minimum atomic E-state index is -0.949. The van der Waals surface area contributed by atoms with Crippen LogP contribution in [0.1, 0.15) is 23.9 Å². The first kappa shape index (κ1) is 16.6. The molecule has 0 saturated heterocycles. The second-order valence-electron chi connectivity index (χ2n) is 6.31. The summed E-state index contributed by atoms with van der Waals surface area (Å²) in [6.45, 7) is 0. The third kappa shape index (κ3) is 2.75. The van der Waals surface area contributed by atoms with Crippen LogP contribution in [-0.2, 0) is 0 Å². The summed E-state index contributed by atoms with van der Waals surface area (Å²) in [5.41, 5.74) is 7.31. The van der Waals surface area contributed by atoms with E-state index in [0.29, 0.717) is 27.9 Å². The maximum absolute atomic E-state index is 10.6. The molecule has 1 aliphatic rings. The van der Waals surface area contributed by atoms with E-state index in [9.17, 15) is 10.2 Å². The van der Waals surface area contributed by atoms with Crippen molar-refractivity contribution in [3.05, 3.63) is 52.4 Å². The maximum atomic E-state index is 10.6. The summed E-state index contributed by atoms with van der Waals surface area (Å²) >= 11 is 12.2. The molecule has 0 spiro atoms. The van der Waals surface area contributed by atoms with Crippen LogP contribution in [0.15, 0.2) is 36.8 Å². The molecule has 130 valence electrons. The molecule has 2 aromatic heterocycles. The van der Waals surface area contributed by atoms with Gasteiger partial charge in [-0.1, -0.05) is 23.2 Å². The number of aromatic nitrogens is 3. The molecule has 0 bridgehead atoms. The Morgan fingerprint density at radius 2 is 1.80 bits per heavy atom. The minimum absolute atomic E-state index is 0.284. The van der Waals surface area contributed by atoms with E-state index >= 15 is 0 Å². The third-order valence-electron chi connectivity index (χ3n) is 4.86. The Bertz CT molecular complexity index is 925. The van der Waals surface area contributed by atoms with Crippen molar-refractivity contribution in [2.75, 3.05) is 5.73 Å². The van der Waals surface area contributed by atoms with Crippen molar-refractivity contribution in [2.24, 2.45) is 0 Å². The Hall–Kier alpha value is -1.86. The SMILES string of the molecule is Nc1ncnc2c1ccn2[C@@H]1C[C@H](c2cc(Cl)cc(Cl)c2)[C@@H](O)[C@H]1O. The van der Waals surface area contributed by atoms with Crippen molar-refractivity contribution in [1.29, 1.82) is 0 Å². The second kappa shape index (κ2) is 6.14. The van der Waals surface area contributed by atoms with Crippen LogP contribution in [0.2, 0.25) is 10.0 Å². The Labute approximate surface area is 153 Å². The van der Waals surface area contributed by atoms with Crippen LogP contribution in [0.25, 0.3) is 11.0 Å². The molecule has 0 radical (unpaired) electrons. The highest BCUT2D eigenvalue weighted by molar-refractivity contribution is 6.34. The van der Waals surface area contributed by atoms with Crippen LogP contribution in [0.5, 0.6) is 0 Å². The van der Waals surface area contributed by atoms with E-state index in [-0.39, 0.29) is 12.0 Å². The van der Waals surface area contributed by atoms with Gasteiger partial charge in [0.1, 0.15) is 23.9 Å². The lowest BCUT2D eigenvalue weighted by atomic mass is 9.95. The van der Waals surface area contributed by atoms with E-state index < -0.39 is 12.2 Å². The fraction of sp³-hybridized carbons (Fsp3) is 0.294. The number of halogens is 2. The Kier molecular flexibility index (Phi) is 4.08. The highest BCUT2D eigenvalue weighted by Gasteiger charge is 2.43. The molecule has 1 aromatic carbocycles. The van der Waals surface area contributed by atoms with Crippen molar-refractivity contribution in [1.82, 2.24) is 14.5 Å². The standard InChI is InChI=1S/C17H16Cl2N4O2/c18-9-3-8(4-10(19)5-9)12-6-13(15(25)14(12)24)23-2-1-11-16(20)21-7-22-17(11)23/h1-5,7,12-15,24-25H,6H2,(H2,20,21,22)/t12-,13-,14-,15+/m1/s1. The molecule has 0 amide bonds. The van der Waals surface area contributed by atoms with Gasteiger partial charge in [-0.3, -0.25) is 0 Å². The van der Waals surface area contributed by atoms with Gasteiger partial charge in [-0.15, -0.1) is 0 Å². The van der Waals surface area contributed by atoms with Gasteiger partial charge in [-0.25, -0.2) is 9.97 Å². The van der Waals surface area contributed by atoms with Crippen LogP contribution < -0.4 is 5.73 Å². The largest absolute Gasteiger partial charge is 0.390 e. The van der Waals surface area contributed by atoms with Gasteiger partial charge in [0.25, 0.3) is 0 Å². The highest BCUT2D eigenvalue weighted by atomic mass is 35.5. The van der Waals surface area contributed by atoms with E-state index in [4.69, 9.17) is 28.9 Å². The van der Waals surface area contributed by atoms with E-state index in [0.717, 1.165) is 10.9 Å². The van der Waals surface area contributed by atoms with Gasteiger partial charge in [-0.05, 0) is 36.2 Å². The number of nitrogens with zero attached hydrogens (tertiary/aromatic N) is 3. The maximum Gasteiger partial charge on any atom is 0.145 e. The number of aliphatic hydroxyl groups is 2. The Morgan fingerprint density at radius 3 is 2.52 bits per heavy atom. The Morgan fingerprint density at radius 1 is 1.08 bits per heavy atom. The molecule has 1 fully saturated rings. The second-order valence-corrected chi connectivity index (χ2v) is 7.19. The fourth-order valence-corrected chi connectivity index (χ4v) is 4.21. The van der Waals surface area contributed by atoms with Crippen LogP contribution in [0.4, 0.5) is 5.82 Å². The predicted molar refractivity (Wildman–Crippen MR) is 96.8 cm³/mol. The van der Waals surface area contributed by atoms with Crippen molar-refractivity contribution in [2.45, 2.75) is 30.6 Å². The zero-order chi connectivity index (χ0) is 17.7. The summed E-state index contributed by atoms with van der Waals surface area (Å²) in [4.78, 5) is 8.24. The monoisotopic (exact) mass is 378 g/mol. The van der Waals surface area contributed by atoms with Crippen LogP contribution in [0, 0.1) is 0 Å². The first-order valence-electron chi connectivity index (χ1n) is 7.85. The van der Waals surface area contributed by atoms with Crippen molar-refractivity contribution in [3.8, 4) is 0 Å². The molecule has 1 saturated carbocycles. The first-order chi connectivity index (χ1) is 12.0. The van der Waals surface area contributed by atoms with Crippen LogP contribution >= 0.6 is 23.2 Å². The van der Waals surface area contributed by atoms with Gasteiger partial charge < -0.3 is 20.5 Å². The lowest BCUT2D eigenvalue weighted by Gasteiger charge is -2.19. The number of anilines is 1. The van der Waals surface area contributed by atoms with Crippen molar-refractivity contribution >= 4 is 40.1 Å². The predicted octanol–water partition coefficient (Wildman–Crippen LogP) is 2.77. The average molecular weight is 379 g/mol. The lowest BCUT2D eigenvalue weighted by molar-refractivity contribution is 0.0179. The third-order valence-corrected chi connectivity index (χ3v) is 5.30. The number of fused-ring (bicyclic) bond motifs is 1. The molecule has 1 aliphatic carbocycles. The highest BCUT2D eigenvalue weighted by Crippen LogP contribution is 2.43. The van der Waals surface area contributed by atoms with Gasteiger partial charge in [-0.2, -0.15) is 0 Å². The van der Waals surface area contributed by atoms with Gasteiger partial charge in [0, 0.05) is 22.2 Å². The number of nitrogens with two attached hydrogens (primary N) is 1. The van der Waals surface area contributed by atoms with E-state index in [1.807, 2.05) is 16.8 Å². The normalized spacial score (nSPS) is 26.4. The number of hydrogen-bond acceptors (Lipinski definition) is 5.